The van der Waals surface area contributed by atoms with Gasteiger partial charge in [-0.05, 0) is 42.3 Å². The molecule has 138 valence electrons. The maximum atomic E-state index is 11.1. The molecule has 2 atom stereocenters. The van der Waals surface area contributed by atoms with Crippen LogP contribution in [0.5, 0.6) is 5.75 Å². The Kier molecular flexibility index (Phi) is 4.83. The van der Waals surface area contributed by atoms with Crippen LogP contribution in [0.25, 0.3) is 0 Å². The highest BCUT2D eigenvalue weighted by molar-refractivity contribution is 5.88. The number of nitriles is 1. The Hall–Kier alpha value is -2.84. The fourth-order valence-corrected chi connectivity index (χ4v) is 4.15. The van der Waals surface area contributed by atoms with Crippen molar-refractivity contribution in [1.29, 1.82) is 5.26 Å². The summed E-state index contributed by atoms with van der Waals surface area (Å²) >= 11 is 0. The number of hydrogen-bond donors (Lipinski definition) is 1. The minimum absolute atomic E-state index is 0.0514. The average Bonchev–Trinajstić information content (AvgIpc) is 3.10. The van der Waals surface area contributed by atoms with Gasteiger partial charge < -0.3 is 15.0 Å². The Morgan fingerprint density at radius 1 is 1.26 bits per heavy atom. The van der Waals surface area contributed by atoms with E-state index in [1.165, 1.54) is 18.1 Å². The lowest BCUT2D eigenvalue weighted by molar-refractivity contribution is -0.114. The summed E-state index contributed by atoms with van der Waals surface area (Å²) in [5.74, 6) is 1.83. The number of rotatable bonds is 4. The first-order valence-electron chi connectivity index (χ1n) is 9.38. The van der Waals surface area contributed by atoms with Crippen LogP contribution in [0.2, 0.25) is 0 Å². The zero-order valence-electron chi connectivity index (χ0n) is 15.4. The monoisotopic (exact) mass is 361 g/mol. The number of nitrogens with one attached hydrogen (secondary N) is 1. The molecule has 5 heteroatoms. The van der Waals surface area contributed by atoms with Gasteiger partial charge in [-0.2, -0.15) is 5.26 Å². The molecule has 5 nitrogen and oxygen atoms in total. The van der Waals surface area contributed by atoms with Crippen LogP contribution in [-0.2, 0) is 11.2 Å². The van der Waals surface area contributed by atoms with Crippen molar-refractivity contribution in [2.45, 2.75) is 19.3 Å². The molecule has 1 saturated heterocycles. The number of fused-ring (bicyclic) bond motifs is 3. The number of ether oxygens (including phenoxy) is 1. The Morgan fingerprint density at radius 3 is 2.81 bits per heavy atom. The summed E-state index contributed by atoms with van der Waals surface area (Å²) in [6.07, 6.45) is 0.978. The predicted molar refractivity (Wildman–Crippen MR) is 104 cm³/mol. The molecule has 2 heterocycles. The quantitative estimate of drug-likeness (QED) is 0.908. The van der Waals surface area contributed by atoms with Crippen molar-refractivity contribution in [3.8, 4) is 11.8 Å². The summed E-state index contributed by atoms with van der Waals surface area (Å²) in [6.45, 7) is 5.32. The molecule has 0 spiro atoms. The van der Waals surface area contributed by atoms with Crippen molar-refractivity contribution >= 4 is 11.6 Å². The molecule has 2 aromatic carbocycles. The SMILES string of the molecule is CC(=O)Nc1ccc(CCN2C[C@@H]3COc4ccc(C#N)cc4[C@H]3C2)cc1. The maximum absolute atomic E-state index is 11.1. The van der Waals surface area contributed by atoms with Gasteiger partial charge in [-0.15, -0.1) is 0 Å². The van der Waals surface area contributed by atoms with Crippen LogP contribution in [-0.4, -0.2) is 37.0 Å². The van der Waals surface area contributed by atoms with Gasteiger partial charge in [0.25, 0.3) is 0 Å². The van der Waals surface area contributed by atoms with Gasteiger partial charge in [-0.25, -0.2) is 0 Å². The van der Waals surface area contributed by atoms with Crippen molar-refractivity contribution in [3.05, 3.63) is 59.2 Å². The topological polar surface area (TPSA) is 65.4 Å². The molecule has 0 aliphatic carbocycles. The number of anilines is 1. The van der Waals surface area contributed by atoms with Crippen molar-refractivity contribution < 1.29 is 9.53 Å². The van der Waals surface area contributed by atoms with Crippen LogP contribution in [0.3, 0.4) is 0 Å². The number of nitrogens with zero attached hydrogens (tertiary/aromatic N) is 2. The molecule has 2 aliphatic rings. The fourth-order valence-electron chi connectivity index (χ4n) is 4.15. The largest absolute Gasteiger partial charge is 0.493 e. The van der Waals surface area contributed by atoms with Gasteiger partial charge in [0, 0.05) is 49.6 Å². The zero-order valence-corrected chi connectivity index (χ0v) is 15.4. The van der Waals surface area contributed by atoms with Gasteiger partial charge in [0.2, 0.25) is 5.91 Å². The molecule has 2 aromatic rings. The van der Waals surface area contributed by atoms with Crippen LogP contribution in [0, 0.1) is 17.2 Å². The van der Waals surface area contributed by atoms with Crippen LogP contribution < -0.4 is 10.1 Å². The number of carbonyl (C=O) groups is 1. The van der Waals surface area contributed by atoms with Gasteiger partial charge >= 0.3 is 0 Å². The normalized spacial score (nSPS) is 20.9. The highest BCUT2D eigenvalue weighted by Crippen LogP contribution is 2.41. The molecule has 27 heavy (non-hydrogen) atoms. The Bertz CT molecular complexity index is 885. The maximum Gasteiger partial charge on any atom is 0.221 e. The smallest absolute Gasteiger partial charge is 0.221 e. The molecule has 2 aliphatic heterocycles. The third-order valence-electron chi connectivity index (χ3n) is 5.50. The first-order valence-corrected chi connectivity index (χ1v) is 9.38. The van der Waals surface area contributed by atoms with E-state index in [2.05, 4.69) is 28.4 Å². The molecule has 0 radical (unpaired) electrons. The van der Waals surface area contributed by atoms with E-state index in [-0.39, 0.29) is 5.91 Å². The number of hydrogen-bond acceptors (Lipinski definition) is 4. The summed E-state index contributed by atoms with van der Waals surface area (Å²) in [5, 5.41) is 12.0. The van der Waals surface area contributed by atoms with Gasteiger partial charge in [-0.3, -0.25) is 4.79 Å². The fraction of sp³-hybridized carbons (Fsp3) is 0.364. The van der Waals surface area contributed by atoms with Crippen molar-refractivity contribution in [1.82, 2.24) is 4.90 Å². The summed E-state index contributed by atoms with van der Waals surface area (Å²) in [6, 6.07) is 16.1. The highest BCUT2D eigenvalue weighted by atomic mass is 16.5. The lowest BCUT2D eigenvalue weighted by Gasteiger charge is -2.27. The predicted octanol–water partition coefficient (Wildman–Crippen LogP) is 3.17. The van der Waals surface area contributed by atoms with E-state index >= 15 is 0 Å². The van der Waals surface area contributed by atoms with E-state index in [9.17, 15) is 10.1 Å². The van der Waals surface area contributed by atoms with Crippen LogP contribution in [0.4, 0.5) is 5.69 Å². The second-order valence-electron chi connectivity index (χ2n) is 7.43. The standard InChI is InChI=1S/C22H23N3O2/c1-15(26)24-19-5-2-16(3-6-19)8-9-25-12-18-14-27-22-7-4-17(11-23)10-20(22)21(18)13-25/h2-7,10,18,21H,8-9,12-14H2,1H3,(H,24,26)/t18-,21+/m1/s1. The molecule has 1 N–H and O–H groups in total. The highest BCUT2D eigenvalue weighted by Gasteiger charge is 2.38. The van der Waals surface area contributed by atoms with Crippen molar-refractivity contribution in [2.75, 3.05) is 31.6 Å². The molecule has 1 amide bonds. The second kappa shape index (κ2) is 7.42. The number of likely N-dealkylation sites (tertiary alicyclic amines) is 1. The van der Waals surface area contributed by atoms with Gasteiger partial charge in [0.15, 0.2) is 0 Å². The van der Waals surface area contributed by atoms with Gasteiger partial charge in [-0.1, -0.05) is 12.1 Å². The van der Waals surface area contributed by atoms with Crippen LogP contribution >= 0.6 is 0 Å². The lowest BCUT2D eigenvalue weighted by Crippen LogP contribution is -2.25. The summed E-state index contributed by atoms with van der Waals surface area (Å²) < 4.78 is 5.92. The van der Waals surface area contributed by atoms with E-state index in [0.717, 1.165) is 44.1 Å². The molecule has 0 unspecified atom stereocenters. The van der Waals surface area contributed by atoms with E-state index in [4.69, 9.17) is 4.74 Å². The van der Waals surface area contributed by atoms with E-state index in [0.29, 0.717) is 17.4 Å². The minimum Gasteiger partial charge on any atom is -0.493 e. The van der Waals surface area contributed by atoms with Crippen molar-refractivity contribution in [3.63, 3.8) is 0 Å². The molecular weight excluding hydrogens is 338 g/mol. The van der Waals surface area contributed by atoms with E-state index < -0.39 is 0 Å². The first-order chi connectivity index (χ1) is 13.1. The Morgan fingerprint density at radius 2 is 2.07 bits per heavy atom. The van der Waals surface area contributed by atoms with E-state index in [1.54, 1.807) is 0 Å². The zero-order chi connectivity index (χ0) is 18.8. The van der Waals surface area contributed by atoms with Gasteiger partial charge in [0.05, 0.1) is 18.2 Å². The number of carbonyl (C=O) groups excluding carboxylic acids is 1. The Balaban J connectivity index is 1.38. The number of benzene rings is 2. The summed E-state index contributed by atoms with van der Waals surface area (Å²) in [7, 11) is 0. The first kappa shape index (κ1) is 17.6. The lowest BCUT2D eigenvalue weighted by atomic mass is 9.86. The third kappa shape index (κ3) is 3.81. The summed E-state index contributed by atoms with van der Waals surface area (Å²) in [4.78, 5) is 13.6. The molecule has 0 saturated carbocycles. The third-order valence-corrected chi connectivity index (χ3v) is 5.50. The molecule has 0 aromatic heterocycles. The van der Waals surface area contributed by atoms with Crippen LogP contribution in [0.1, 0.15) is 29.5 Å². The minimum atomic E-state index is -0.0514. The summed E-state index contributed by atoms with van der Waals surface area (Å²) in [5.41, 5.74) is 3.99. The Labute approximate surface area is 159 Å². The molecular formula is C22H23N3O2. The number of amides is 1. The second-order valence-corrected chi connectivity index (χ2v) is 7.43. The van der Waals surface area contributed by atoms with Gasteiger partial charge in [0.1, 0.15) is 5.75 Å². The molecule has 0 bridgehead atoms. The van der Waals surface area contributed by atoms with Crippen molar-refractivity contribution in [2.24, 2.45) is 5.92 Å². The molecule has 4 rings (SSSR count). The van der Waals surface area contributed by atoms with E-state index in [1.807, 2.05) is 30.3 Å². The van der Waals surface area contributed by atoms with Crippen LogP contribution in [0.15, 0.2) is 42.5 Å². The molecule has 1 fully saturated rings. The average molecular weight is 361 g/mol.